The number of nitrogens with one attached hydrogen (secondary N) is 1. The van der Waals surface area contributed by atoms with Gasteiger partial charge in [0.25, 0.3) is 0 Å². The maximum Gasteiger partial charge on any atom is 0.115 e. The number of phenols is 1. The largest absolute Gasteiger partial charge is 0.508 e. The summed E-state index contributed by atoms with van der Waals surface area (Å²) in [5.41, 5.74) is 0.799. The first-order valence-electron chi connectivity index (χ1n) is 4.15. The standard InChI is InChI=1S/C7H7NO.C4H8/c8-5-6-1-3-7(9)4-2-6;1-3-4-2/h1-5,8-9H;3H,1,4H2,2H3. The van der Waals surface area contributed by atoms with Gasteiger partial charge in [0.05, 0.1) is 0 Å². The molecule has 70 valence electrons. The van der Waals surface area contributed by atoms with Crippen molar-refractivity contribution in [1.29, 1.82) is 5.41 Å². The number of benzene rings is 1. The molecule has 2 heteroatoms. The Hall–Kier alpha value is -1.57. The fraction of sp³-hybridized carbons (Fsp3) is 0.182. The molecule has 1 aromatic carbocycles. The quantitative estimate of drug-likeness (QED) is 0.529. The first-order valence-corrected chi connectivity index (χ1v) is 4.15. The Morgan fingerprint density at radius 3 is 2.15 bits per heavy atom. The predicted octanol–water partition coefficient (Wildman–Crippen LogP) is 2.97. The van der Waals surface area contributed by atoms with Crippen molar-refractivity contribution in [1.82, 2.24) is 0 Å². The van der Waals surface area contributed by atoms with E-state index >= 15 is 0 Å². The zero-order valence-electron chi connectivity index (χ0n) is 7.83. The number of hydrogen-bond acceptors (Lipinski definition) is 2. The second-order valence-corrected chi connectivity index (χ2v) is 2.43. The summed E-state index contributed by atoms with van der Waals surface area (Å²) in [6.07, 6.45) is 4.19. The number of rotatable bonds is 2. The van der Waals surface area contributed by atoms with Crippen LogP contribution in [0.2, 0.25) is 0 Å². The van der Waals surface area contributed by atoms with Crippen molar-refractivity contribution in [2.24, 2.45) is 0 Å². The van der Waals surface area contributed by atoms with E-state index in [1.807, 2.05) is 6.08 Å². The van der Waals surface area contributed by atoms with Crippen LogP contribution in [0.15, 0.2) is 36.9 Å². The van der Waals surface area contributed by atoms with Gasteiger partial charge in [0.2, 0.25) is 0 Å². The van der Waals surface area contributed by atoms with Crippen molar-refractivity contribution in [3.05, 3.63) is 42.5 Å². The Labute approximate surface area is 79.1 Å². The average Bonchev–Trinajstić information content (AvgIpc) is 2.19. The van der Waals surface area contributed by atoms with Gasteiger partial charge in [-0.05, 0) is 36.2 Å². The van der Waals surface area contributed by atoms with Crippen molar-refractivity contribution >= 4 is 6.21 Å². The van der Waals surface area contributed by atoms with Gasteiger partial charge in [-0.1, -0.05) is 13.0 Å². The highest BCUT2D eigenvalue weighted by Crippen LogP contribution is 2.06. The van der Waals surface area contributed by atoms with Crippen LogP contribution in [-0.2, 0) is 0 Å². The van der Waals surface area contributed by atoms with E-state index in [1.165, 1.54) is 6.21 Å². The molecule has 0 spiro atoms. The summed E-state index contributed by atoms with van der Waals surface area (Å²) in [7, 11) is 0. The second kappa shape index (κ2) is 7.10. The van der Waals surface area contributed by atoms with Crippen LogP contribution in [-0.4, -0.2) is 11.3 Å². The number of phenolic OH excluding ortho intramolecular Hbond substituents is 1. The van der Waals surface area contributed by atoms with E-state index in [-0.39, 0.29) is 5.75 Å². The molecule has 0 unspecified atom stereocenters. The molecule has 0 radical (unpaired) electrons. The van der Waals surface area contributed by atoms with Crippen LogP contribution in [0.5, 0.6) is 5.75 Å². The highest BCUT2D eigenvalue weighted by Gasteiger charge is 1.85. The summed E-state index contributed by atoms with van der Waals surface area (Å²) in [5.74, 6) is 0.237. The normalized spacial score (nSPS) is 8.08. The van der Waals surface area contributed by atoms with Crippen LogP contribution in [0.3, 0.4) is 0 Å². The monoisotopic (exact) mass is 177 g/mol. The fourth-order valence-electron chi connectivity index (χ4n) is 0.571. The highest BCUT2D eigenvalue weighted by molar-refractivity contribution is 5.76. The van der Waals surface area contributed by atoms with Crippen LogP contribution >= 0.6 is 0 Å². The average molecular weight is 177 g/mol. The minimum atomic E-state index is 0.237. The number of hydrogen-bond donors (Lipinski definition) is 2. The van der Waals surface area contributed by atoms with Crippen molar-refractivity contribution in [3.8, 4) is 5.75 Å². The van der Waals surface area contributed by atoms with E-state index in [9.17, 15) is 0 Å². The molecular formula is C11H15NO. The SMILES string of the molecule is C=CCC.N=Cc1ccc(O)cc1. The summed E-state index contributed by atoms with van der Waals surface area (Å²) in [6, 6.07) is 6.48. The molecule has 0 aliphatic rings. The van der Waals surface area contributed by atoms with E-state index in [1.54, 1.807) is 24.3 Å². The third-order valence-electron chi connectivity index (χ3n) is 1.35. The van der Waals surface area contributed by atoms with Crippen molar-refractivity contribution in [2.45, 2.75) is 13.3 Å². The van der Waals surface area contributed by atoms with Gasteiger partial charge >= 0.3 is 0 Å². The fourth-order valence-corrected chi connectivity index (χ4v) is 0.571. The van der Waals surface area contributed by atoms with Gasteiger partial charge in [-0.15, -0.1) is 6.58 Å². The van der Waals surface area contributed by atoms with Crippen LogP contribution < -0.4 is 0 Å². The van der Waals surface area contributed by atoms with E-state index in [0.717, 1.165) is 12.0 Å². The van der Waals surface area contributed by atoms with Gasteiger partial charge in [0.15, 0.2) is 0 Å². The van der Waals surface area contributed by atoms with E-state index in [4.69, 9.17) is 10.5 Å². The highest BCUT2D eigenvalue weighted by atomic mass is 16.3. The Bertz CT molecular complexity index is 251. The first-order chi connectivity index (χ1) is 6.24. The van der Waals surface area contributed by atoms with Gasteiger partial charge in [-0.25, -0.2) is 0 Å². The Kier molecular flexibility index (Phi) is 6.24. The predicted molar refractivity (Wildman–Crippen MR) is 56.5 cm³/mol. The second-order valence-electron chi connectivity index (χ2n) is 2.43. The summed E-state index contributed by atoms with van der Waals surface area (Å²) in [5, 5.41) is 15.6. The van der Waals surface area contributed by atoms with Gasteiger partial charge in [-0.2, -0.15) is 0 Å². The van der Waals surface area contributed by atoms with E-state index in [2.05, 4.69) is 13.5 Å². The smallest absolute Gasteiger partial charge is 0.115 e. The van der Waals surface area contributed by atoms with Gasteiger partial charge in [0, 0.05) is 6.21 Å². The lowest BCUT2D eigenvalue weighted by Gasteiger charge is -1.89. The van der Waals surface area contributed by atoms with Gasteiger partial charge in [-0.3, -0.25) is 0 Å². The van der Waals surface area contributed by atoms with Crippen molar-refractivity contribution < 1.29 is 5.11 Å². The van der Waals surface area contributed by atoms with E-state index < -0.39 is 0 Å². The Morgan fingerprint density at radius 1 is 1.38 bits per heavy atom. The minimum Gasteiger partial charge on any atom is -0.508 e. The molecule has 0 aliphatic heterocycles. The molecular weight excluding hydrogens is 162 g/mol. The van der Waals surface area contributed by atoms with Crippen LogP contribution in [0, 0.1) is 5.41 Å². The molecule has 13 heavy (non-hydrogen) atoms. The lowest BCUT2D eigenvalue weighted by molar-refractivity contribution is 0.475. The Balaban J connectivity index is 0.000000310. The molecule has 0 saturated carbocycles. The maximum atomic E-state index is 8.78. The molecule has 0 saturated heterocycles. The molecule has 1 rings (SSSR count). The summed E-state index contributed by atoms with van der Waals surface area (Å²) in [4.78, 5) is 0. The molecule has 2 N–H and O–H groups in total. The summed E-state index contributed by atoms with van der Waals surface area (Å²) < 4.78 is 0. The number of allylic oxidation sites excluding steroid dienone is 1. The third-order valence-corrected chi connectivity index (χ3v) is 1.35. The lowest BCUT2D eigenvalue weighted by Crippen LogP contribution is -1.74. The zero-order chi connectivity index (χ0) is 10.1. The van der Waals surface area contributed by atoms with Gasteiger partial charge in [0.1, 0.15) is 5.75 Å². The first kappa shape index (κ1) is 11.4. The molecule has 0 heterocycles. The molecule has 2 nitrogen and oxygen atoms in total. The summed E-state index contributed by atoms with van der Waals surface area (Å²) in [6.45, 7) is 5.54. The molecule has 0 bridgehead atoms. The van der Waals surface area contributed by atoms with Crippen molar-refractivity contribution in [3.63, 3.8) is 0 Å². The third kappa shape index (κ3) is 5.67. The maximum absolute atomic E-state index is 8.78. The van der Waals surface area contributed by atoms with Crippen molar-refractivity contribution in [2.75, 3.05) is 0 Å². The van der Waals surface area contributed by atoms with Crippen LogP contribution in [0.4, 0.5) is 0 Å². The molecule has 0 fully saturated rings. The van der Waals surface area contributed by atoms with E-state index in [0.29, 0.717) is 0 Å². The van der Waals surface area contributed by atoms with Gasteiger partial charge < -0.3 is 10.5 Å². The Morgan fingerprint density at radius 2 is 1.85 bits per heavy atom. The molecule has 0 atom stereocenters. The zero-order valence-corrected chi connectivity index (χ0v) is 7.83. The molecule has 0 aliphatic carbocycles. The topological polar surface area (TPSA) is 44.1 Å². The molecule has 1 aromatic rings. The van der Waals surface area contributed by atoms with Crippen LogP contribution in [0.25, 0.3) is 0 Å². The lowest BCUT2D eigenvalue weighted by atomic mass is 10.2. The number of aromatic hydroxyl groups is 1. The molecule has 0 aromatic heterocycles. The van der Waals surface area contributed by atoms with Crippen LogP contribution in [0.1, 0.15) is 18.9 Å². The minimum absolute atomic E-state index is 0.237. The molecule has 0 amide bonds. The summed E-state index contributed by atoms with van der Waals surface area (Å²) >= 11 is 0.